The lowest BCUT2D eigenvalue weighted by Gasteiger charge is -2.16. The van der Waals surface area contributed by atoms with Crippen LogP contribution in [0.5, 0.6) is 0 Å². The van der Waals surface area contributed by atoms with E-state index in [-0.39, 0.29) is 11.6 Å². The minimum Gasteiger partial charge on any atom is -0.323 e. The standard InChI is InChI=1S/C9H10FNO/c1-3-7-4-5-8(12)11-9(7)6(2)10/h3H,1-2,4-5H2,(H,11,12). The molecule has 0 fully saturated rings. The van der Waals surface area contributed by atoms with Crippen molar-refractivity contribution in [3.63, 3.8) is 0 Å². The third-order valence-corrected chi connectivity index (χ3v) is 1.72. The molecule has 3 heteroatoms. The largest absolute Gasteiger partial charge is 0.323 e. The van der Waals surface area contributed by atoms with Gasteiger partial charge in [0.1, 0.15) is 5.83 Å². The van der Waals surface area contributed by atoms with Gasteiger partial charge < -0.3 is 5.32 Å². The fourth-order valence-electron chi connectivity index (χ4n) is 1.10. The highest BCUT2D eigenvalue weighted by atomic mass is 19.1. The summed E-state index contributed by atoms with van der Waals surface area (Å²) in [5.74, 6) is -0.785. The summed E-state index contributed by atoms with van der Waals surface area (Å²) in [6.07, 6.45) is 2.46. The molecule has 0 bridgehead atoms. The Bertz CT molecular complexity index is 278. The van der Waals surface area contributed by atoms with E-state index in [0.717, 1.165) is 0 Å². The van der Waals surface area contributed by atoms with Crippen molar-refractivity contribution in [1.29, 1.82) is 0 Å². The molecule has 0 saturated heterocycles. The molecular formula is C9H10FNO. The van der Waals surface area contributed by atoms with Crippen LogP contribution in [0, 0.1) is 0 Å². The van der Waals surface area contributed by atoms with Crippen LogP contribution in [0.4, 0.5) is 4.39 Å². The van der Waals surface area contributed by atoms with Crippen molar-refractivity contribution in [2.24, 2.45) is 0 Å². The highest BCUT2D eigenvalue weighted by molar-refractivity contribution is 5.81. The number of carbonyl (C=O) groups excluding carboxylic acids is 1. The Balaban J connectivity index is 2.99. The molecule has 0 atom stereocenters. The van der Waals surface area contributed by atoms with E-state index in [0.29, 0.717) is 18.4 Å². The van der Waals surface area contributed by atoms with Gasteiger partial charge in [-0.25, -0.2) is 4.39 Å². The third-order valence-electron chi connectivity index (χ3n) is 1.72. The van der Waals surface area contributed by atoms with Crippen molar-refractivity contribution < 1.29 is 9.18 Å². The fourth-order valence-corrected chi connectivity index (χ4v) is 1.10. The normalized spacial score (nSPS) is 17.2. The number of halogens is 1. The second kappa shape index (κ2) is 3.34. The summed E-state index contributed by atoms with van der Waals surface area (Å²) in [4.78, 5) is 10.9. The lowest BCUT2D eigenvalue weighted by molar-refractivity contribution is -0.120. The van der Waals surface area contributed by atoms with Crippen LogP contribution in [0.15, 0.2) is 36.3 Å². The molecule has 0 aromatic heterocycles. The average molecular weight is 167 g/mol. The fraction of sp³-hybridized carbons (Fsp3) is 0.222. The van der Waals surface area contributed by atoms with Crippen molar-refractivity contribution in [3.05, 3.63) is 36.3 Å². The second-order valence-corrected chi connectivity index (χ2v) is 2.56. The maximum atomic E-state index is 12.7. The van der Waals surface area contributed by atoms with Crippen LogP contribution in [0.1, 0.15) is 12.8 Å². The number of carbonyl (C=O) groups is 1. The van der Waals surface area contributed by atoms with Crippen LogP contribution in [0.25, 0.3) is 0 Å². The molecule has 1 N–H and O–H groups in total. The van der Waals surface area contributed by atoms with Crippen LogP contribution < -0.4 is 5.32 Å². The summed E-state index contributed by atoms with van der Waals surface area (Å²) in [5.41, 5.74) is 0.892. The molecule has 1 heterocycles. The first-order chi connectivity index (χ1) is 5.65. The molecule has 1 rings (SSSR count). The van der Waals surface area contributed by atoms with Crippen molar-refractivity contribution in [2.75, 3.05) is 0 Å². The molecule has 64 valence electrons. The zero-order valence-corrected chi connectivity index (χ0v) is 6.69. The maximum absolute atomic E-state index is 12.7. The molecule has 2 nitrogen and oxygen atoms in total. The van der Waals surface area contributed by atoms with Gasteiger partial charge in [0.2, 0.25) is 5.91 Å². The van der Waals surface area contributed by atoms with Crippen molar-refractivity contribution in [2.45, 2.75) is 12.8 Å². The number of hydrogen-bond acceptors (Lipinski definition) is 1. The van der Waals surface area contributed by atoms with E-state index in [1.54, 1.807) is 6.08 Å². The summed E-state index contributed by atoms with van der Waals surface area (Å²) in [5, 5.41) is 2.41. The third kappa shape index (κ3) is 1.61. The summed E-state index contributed by atoms with van der Waals surface area (Å²) in [6.45, 7) is 6.65. The van der Waals surface area contributed by atoms with Crippen LogP contribution in [0.2, 0.25) is 0 Å². The Morgan fingerprint density at radius 2 is 2.25 bits per heavy atom. The Hall–Kier alpha value is -1.38. The highest BCUT2D eigenvalue weighted by Crippen LogP contribution is 2.21. The van der Waals surface area contributed by atoms with Crippen LogP contribution in [0.3, 0.4) is 0 Å². The zero-order valence-electron chi connectivity index (χ0n) is 6.69. The Kier molecular flexibility index (Phi) is 2.43. The number of hydrogen-bond donors (Lipinski definition) is 1. The van der Waals surface area contributed by atoms with Crippen LogP contribution in [-0.4, -0.2) is 5.91 Å². The van der Waals surface area contributed by atoms with Crippen molar-refractivity contribution in [1.82, 2.24) is 5.32 Å². The van der Waals surface area contributed by atoms with Gasteiger partial charge in [-0.1, -0.05) is 19.2 Å². The van der Waals surface area contributed by atoms with Gasteiger partial charge in [0, 0.05) is 6.42 Å². The van der Waals surface area contributed by atoms with E-state index in [9.17, 15) is 9.18 Å². The summed E-state index contributed by atoms with van der Waals surface area (Å²) in [6, 6.07) is 0. The summed E-state index contributed by atoms with van der Waals surface area (Å²) >= 11 is 0. The first kappa shape index (κ1) is 8.71. The summed E-state index contributed by atoms with van der Waals surface area (Å²) < 4.78 is 12.7. The highest BCUT2D eigenvalue weighted by Gasteiger charge is 2.17. The summed E-state index contributed by atoms with van der Waals surface area (Å²) in [7, 11) is 0. The zero-order chi connectivity index (χ0) is 9.14. The average Bonchev–Trinajstić information content (AvgIpc) is 2.04. The molecular weight excluding hydrogens is 157 g/mol. The lowest BCUT2D eigenvalue weighted by Crippen LogP contribution is -2.27. The SMILES string of the molecule is C=CC1=C(C(=C)F)NC(=O)CC1. The first-order valence-corrected chi connectivity index (χ1v) is 3.65. The molecule has 0 unspecified atom stereocenters. The number of nitrogens with one attached hydrogen (secondary N) is 1. The quantitative estimate of drug-likeness (QED) is 0.667. The molecule has 0 radical (unpaired) electrons. The van der Waals surface area contributed by atoms with Gasteiger partial charge in [0.05, 0.1) is 5.70 Å². The minimum atomic E-state index is -0.613. The molecule has 0 saturated carbocycles. The molecule has 1 aliphatic heterocycles. The Morgan fingerprint density at radius 3 is 2.75 bits per heavy atom. The second-order valence-electron chi connectivity index (χ2n) is 2.56. The monoisotopic (exact) mass is 167 g/mol. The van der Waals surface area contributed by atoms with Crippen LogP contribution >= 0.6 is 0 Å². The van der Waals surface area contributed by atoms with E-state index in [2.05, 4.69) is 18.5 Å². The first-order valence-electron chi connectivity index (χ1n) is 3.65. The molecule has 1 amide bonds. The van der Waals surface area contributed by atoms with Gasteiger partial charge in [-0.3, -0.25) is 4.79 Å². The van der Waals surface area contributed by atoms with Gasteiger partial charge in [-0.15, -0.1) is 0 Å². The number of rotatable bonds is 2. The van der Waals surface area contributed by atoms with Crippen LogP contribution in [-0.2, 0) is 4.79 Å². The van der Waals surface area contributed by atoms with Gasteiger partial charge >= 0.3 is 0 Å². The van der Waals surface area contributed by atoms with E-state index >= 15 is 0 Å². The predicted octanol–water partition coefficient (Wildman–Crippen LogP) is 1.82. The number of allylic oxidation sites excluding steroid dienone is 3. The van der Waals surface area contributed by atoms with E-state index in [1.165, 1.54) is 0 Å². The van der Waals surface area contributed by atoms with E-state index in [4.69, 9.17) is 0 Å². The molecule has 0 spiro atoms. The topological polar surface area (TPSA) is 29.1 Å². The van der Waals surface area contributed by atoms with E-state index in [1.807, 2.05) is 0 Å². The van der Waals surface area contributed by atoms with Gasteiger partial charge in [-0.2, -0.15) is 0 Å². The van der Waals surface area contributed by atoms with E-state index < -0.39 is 5.83 Å². The Labute approximate surface area is 70.5 Å². The number of amides is 1. The maximum Gasteiger partial charge on any atom is 0.224 e. The van der Waals surface area contributed by atoms with Gasteiger partial charge in [0.25, 0.3) is 0 Å². The van der Waals surface area contributed by atoms with Gasteiger partial charge in [-0.05, 0) is 12.0 Å². The minimum absolute atomic E-state index is 0.172. The molecule has 0 aromatic rings. The lowest BCUT2D eigenvalue weighted by atomic mass is 10.0. The predicted molar refractivity (Wildman–Crippen MR) is 44.8 cm³/mol. The smallest absolute Gasteiger partial charge is 0.224 e. The van der Waals surface area contributed by atoms with Gasteiger partial charge in [0.15, 0.2) is 0 Å². The van der Waals surface area contributed by atoms with Crippen molar-refractivity contribution in [3.8, 4) is 0 Å². The molecule has 12 heavy (non-hydrogen) atoms. The Morgan fingerprint density at radius 1 is 1.58 bits per heavy atom. The molecule has 1 aliphatic rings. The van der Waals surface area contributed by atoms with Crippen molar-refractivity contribution >= 4 is 5.91 Å². The molecule has 0 aliphatic carbocycles. The molecule has 0 aromatic carbocycles.